The summed E-state index contributed by atoms with van der Waals surface area (Å²) in [6.45, 7) is 4.03. The molecule has 126 valence electrons. The highest BCUT2D eigenvalue weighted by molar-refractivity contribution is 5.96. The van der Waals surface area contributed by atoms with Crippen LogP contribution in [0, 0.1) is 0 Å². The molecule has 3 N–H and O–H groups in total. The number of quaternary nitrogens is 1. The number of amides is 3. The van der Waals surface area contributed by atoms with Gasteiger partial charge in [-0.1, -0.05) is 25.7 Å². The van der Waals surface area contributed by atoms with Crippen LogP contribution in [-0.2, 0) is 4.79 Å². The standard InChI is InChI=1S/C17H31N3O2/c1-14(20-12-8-3-2-4-9-13-20)16(21)19-17(22)18-15-10-6-5-7-11-15/h14-15H,2-13H2,1H3,(H2,18,19,21,22)/p+1/t14-/m1/s1. The first-order valence-corrected chi connectivity index (χ1v) is 9.13. The quantitative estimate of drug-likeness (QED) is 0.737. The second kappa shape index (κ2) is 9.13. The Balaban J connectivity index is 1.75. The topological polar surface area (TPSA) is 62.6 Å². The monoisotopic (exact) mass is 310 g/mol. The lowest BCUT2D eigenvalue weighted by Gasteiger charge is -2.27. The van der Waals surface area contributed by atoms with Crippen molar-refractivity contribution < 1.29 is 14.5 Å². The van der Waals surface area contributed by atoms with Gasteiger partial charge in [0.05, 0.1) is 13.1 Å². The lowest BCUT2D eigenvalue weighted by Crippen LogP contribution is -3.16. The molecule has 22 heavy (non-hydrogen) atoms. The maximum absolute atomic E-state index is 12.3. The fourth-order valence-electron chi connectivity index (χ4n) is 3.67. The van der Waals surface area contributed by atoms with Crippen molar-refractivity contribution in [2.45, 2.75) is 83.2 Å². The first-order valence-electron chi connectivity index (χ1n) is 9.13. The van der Waals surface area contributed by atoms with Gasteiger partial charge in [0.1, 0.15) is 0 Å². The molecule has 0 radical (unpaired) electrons. The van der Waals surface area contributed by atoms with Crippen LogP contribution in [0.4, 0.5) is 4.79 Å². The van der Waals surface area contributed by atoms with E-state index in [1.165, 1.54) is 56.3 Å². The zero-order valence-corrected chi connectivity index (χ0v) is 14.0. The number of urea groups is 1. The molecule has 0 spiro atoms. The van der Waals surface area contributed by atoms with Gasteiger partial charge in [0.2, 0.25) is 0 Å². The van der Waals surface area contributed by atoms with Gasteiger partial charge in [-0.15, -0.1) is 0 Å². The molecule has 5 nitrogen and oxygen atoms in total. The number of hydrogen-bond donors (Lipinski definition) is 3. The largest absolute Gasteiger partial charge is 0.335 e. The first kappa shape index (κ1) is 17.3. The van der Waals surface area contributed by atoms with Gasteiger partial charge >= 0.3 is 6.03 Å². The van der Waals surface area contributed by atoms with Crippen molar-refractivity contribution in [3.63, 3.8) is 0 Å². The van der Waals surface area contributed by atoms with Crippen LogP contribution in [0.3, 0.4) is 0 Å². The van der Waals surface area contributed by atoms with Crippen molar-refractivity contribution in [1.82, 2.24) is 10.6 Å². The predicted octanol–water partition coefficient (Wildman–Crippen LogP) is 1.38. The smallest absolute Gasteiger partial charge is 0.321 e. The van der Waals surface area contributed by atoms with E-state index < -0.39 is 0 Å². The first-order chi connectivity index (χ1) is 10.7. The van der Waals surface area contributed by atoms with Crippen molar-refractivity contribution >= 4 is 11.9 Å². The van der Waals surface area contributed by atoms with E-state index in [1.54, 1.807) is 0 Å². The highest BCUT2D eigenvalue weighted by Crippen LogP contribution is 2.17. The molecule has 5 heteroatoms. The predicted molar refractivity (Wildman–Crippen MR) is 86.8 cm³/mol. The van der Waals surface area contributed by atoms with Crippen LogP contribution in [-0.4, -0.2) is 37.1 Å². The maximum Gasteiger partial charge on any atom is 0.321 e. The Bertz CT molecular complexity index is 359. The van der Waals surface area contributed by atoms with Crippen LogP contribution in [0.15, 0.2) is 0 Å². The summed E-state index contributed by atoms with van der Waals surface area (Å²) in [6, 6.07) is -0.212. The van der Waals surface area contributed by atoms with E-state index in [1.807, 2.05) is 6.92 Å². The highest BCUT2D eigenvalue weighted by Gasteiger charge is 2.27. The van der Waals surface area contributed by atoms with E-state index in [9.17, 15) is 9.59 Å². The molecular weight excluding hydrogens is 278 g/mol. The van der Waals surface area contributed by atoms with Crippen molar-refractivity contribution in [1.29, 1.82) is 0 Å². The van der Waals surface area contributed by atoms with E-state index in [4.69, 9.17) is 0 Å². The minimum Gasteiger partial charge on any atom is -0.335 e. The van der Waals surface area contributed by atoms with Gasteiger partial charge in [-0.3, -0.25) is 10.1 Å². The summed E-state index contributed by atoms with van der Waals surface area (Å²) < 4.78 is 0. The summed E-state index contributed by atoms with van der Waals surface area (Å²) in [5, 5.41) is 5.50. The Morgan fingerprint density at radius 1 is 0.909 bits per heavy atom. The Morgan fingerprint density at radius 3 is 2.09 bits per heavy atom. The zero-order chi connectivity index (χ0) is 15.8. The van der Waals surface area contributed by atoms with Crippen molar-refractivity contribution in [3.8, 4) is 0 Å². The van der Waals surface area contributed by atoms with Gasteiger partial charge in [-0.2, -0.15) is 0 Å². The number of rotatable bonds is 3. The molecule has 1 aliphatic carbocycles. The number of nitrogens with one attached hydrogen (secondary N) is 3. The van der Waals surface area contributed by atoms with Crippen molar-refractivity contribution in [3.05, 3.63) is 0 Å². The van der Waals surface area contributed by atoms with Crippen LogP contribution in [0.5, 0.6) is 0 Å². The fraction of sp³-hybridized carbons (Fsp3) is 0.882. The highest BCUT2D eigenvalue weighted by atomic mass is 16.2. The number of likely N-dealkylation sites (tertiary alicyclic amines) is 1. The van der Waals surface area contributed by atoms with Gasteiger partial charge in [0.25, 0.3) is 5.91 Å². The second-order valence-electron chi connectivity index (χ2n) is 6.95. The van der Waals surface area contributed by atoms with Crippen LogP contribution in [0.1, 0.15) is 71.1 Å². The maximum atomic E-state index is 12.3. The normalized spacial score (nSPS) is 23.1. The van der Waals surface area contributed by atoms with E-state index >= 15 is 0 Å². The van der Waals surface area contributed by atoms with E-state index in [0.717, 1.165) is 25.9 Å². The molecule has 1 saturated heterocycles. The van der Waals surface area contributed by atoms with Crippen LogP contribution in [0.25, 0.3) is 0 Å². The number of carbonyl (C=O) groups excluding carboxylic acids is 2. The third kappa shape index (κ3) is 5.59. The number of carbonyl (C=O) groups is 2. The van der Waals surface area contributed by atoms with Gasteiger partial charge in [0.15, 0.2) is 6.04 Å². The summed E-state index contributed by atoms with van der Waals surface area (Å²) in [5.41, 5.74) is 0. The second-order valence-corrected chi connectivity index (χ2v) is 6.95. The van der Waals surface area contributed by atoms with E-state index in [0.29, 0.717) is 0 Å². The Kier molecular flexibility index (Phi) is 7.16. The van der Waals surface area contributed by atoms with Crippen LogP contribution >= 0.6 is 0 Å². The van der Waals surface area contributed by atoms with Crippen molar-refractivity contribution in [2.75, 3.05) is 13.1 Å². The molecule has 0 aromatic carbocycles. The Labute approximate surface area is 134 Å². The molecule has 2 aliphatic rings. The lowest BCUT2D eigenvalue weighted by atomic mass is 9.96. The van der Waals surface area contributed by atoms with Gasteiger partial charge in [-0.05, 0) is 45.4 Å². The summed E-state index contributed by atoms with van der Waals surface area (Å²) in [6.07, 6.45) is 11.9. The molecule has 0 aromatic heterocycles. The van der Waals surface area contributed by atoms with Crippen LogP contribution < -0.4 is 15.5 Å². The SMILES string of the molecule is C[C@H](C(=O)NC(=O)NC1CCCCC1)[NH+]1CCCCCCC1. The van der Waals surface area contributed by atoms with Gasteiger partial charge < -0.3 is 10.2 Å². The van der Waals surface area contributed by atoms with E-state index in [-0.39, 0.29) is 24.0 Å². The van der Waals surface area contributed by atoms with Crippen LogP contribution in [0.2, 0.25) is 0 Å². The Hall–Kier alpha value is -1.10. The molecule has 1 heterocycles. The molecule has 2 rings (SSSR count). The molecule has 0 bridgehead atoms. The average molecular weight is 310 g/mol. The summed E-state index contributed by atoms with van der Waals surface area (Å²) in [4.78, 5) is 25.6. The molecule has 0 aromatic rings. The fourth-order valence-corrected chi connectivity index (χ4v) is 3.67. The minimum atomic E-state index is -0.310. The molecule has 0 unspecified atom stereocenters. The summed E-state index contributed by atoms with van der Waals surface area (Å²) in [5.74, 6) is -0.135. The van der Waals surface area contributed by atoms with Gasteiger partial charge in [0, 0.05) is 6.04 Å². The Morgan fingerprint density at radius 2 is 1.45 bits per heavy atom. The number of hydrogen-bond acceptors (Lipinski definition) is 2. The molecule has 1 saturated carbocycles. The lowest BCUT2D eigenvalue weighted by molar-refractivity contribution is -0.915. The third-order valence-corrected chi connectivity index (χ3v) is 5.18. The number of imide groups is 1. The molecule has 2 fully saturated rings. The average Bonchev–Trinajstić information content (AvgIpc) is 2.47. The van der Waals surface area contributed by atoms with E-state index in [2.05, 4.69) is 10.6 Å². The minimum absolute atomic E-state index is 0.135. The molecule has 3 amide bonds. The molecule has 1 atom stereocenters. The van der Waals surface area contributed by atoms with Crippen molar-refractivity contribution in [2.24, 2.45) is 0 Å². The third-order valence-electron chi connectivity index (χ3n) is 5.18. The molecule has 1 aliphatic heterocycles. The molecular formula is C17H32N3O2+. The zero-order valence-electron chi connectivity index (χ0n) is 14.0. The summed E-state index contributed by atoms with van der Waals surface area (Å²) in [7, 11) is 0. The summed E-state index contributed by atoms with van der Waals surface area (Å²) >= 11 is 0. The van der Waals surface area contributed by atoms with Gasteiger partial charge in [-0.25, -0.2) is 4.79 Å².